The highest BCUT2D eigenvalue weighted by molar-refractivity contribution is 7.94. The second-order valence-electron chi connectivity index (χ2n) is 7.04. The fourth-order valence-corrected chi connectivity index (χ4v) is 5.30. The van der Waals surface area contributed by atoms with E-state index in [0.717, 1.165) is 5.56 Å². The SMILES string of the molecule is CC1(C)CS(=O)(=O)N(c2cc(C(=O)NCc3ccccc3)ccc2Cl)C1=O. The Morgan fingerprint density at radius 1 is 1.19 bits per heavy atom. The standard InChI is InChI=1S/C19H19ClN2O4S/c1-19(2)12-27(25,26)22(18(19)24)16-10-14(8-9-15(16)20)17(23)21-11-13-6-4-3-5-7-13/h3-10H,11-12H2,1-2H3,(H,21,23). The van der Waals surface area contributed by atoms with Crippen molar-refractivity contribution in [3.05, 3.63) is 64.7 Å². The van der Waals surface area contributed by atoms with Crippen molar-refractivity contribution in [1.82, 2.24) is 5.32 Å². The lowest BCUT2D eigenvalue weighted by atomic mass is 9.95. The Kier molecular flexibility index (Phi) is 5.01. The predicted octanol–water partition coefficient (Wildman–Crippen LogP) is 2.97. The molecule has 27 heavy (non-hydrogen) atoms. The monoisotopic (exact) mass is 406 g/mol. The normalized spacial score (nSPS) is 17.7. The highest BCUT2D eigenvalue weighted by atomic mass is 35.5. The molecular formula is C19H19ClN2O4S. The molecule has 1 heterocycles. The number of anilines is 1. The third kappa shape index (κ3) is 3.84. The van der Waals surface area contributed by atoms with Crippen LogP contribution in [-0.2, 0) is 21.4 Å². The number of carbonyl (C=O) groups is 2. The molecule has 142 valence electrons. The van der Waals surface area contributed by atoms with Crippen LogP contribution in [0.15, 0.2) is 48.5 Å². The second kappa shape index (κ2) is 6.98. The number of sulfonamides is 1. The maximum atomic E-state index is 12.6. The topological polar surface area (TPSA) is 83.6 Å². The van der Waals surface area contributed by atoms with Crippen molar-refractivity contribution in [1.29, 1.82) is 0 Å². The Hall–Kier alpha value is -2.38. The van der Waals surface area contributed by atoms with Crippen LogP contribution in [0.4, 0.5) is 5.69 Å². The molecule has 0 atom stereocenters. The highest BCUT2D eigenvalue weighted by Crippen LogP contribution is 2.39. The first-order valence-corrected chi connectivity index (χ1v) is 10.3. The molecule has 0 saturated carbocycles. The minimum Gasteiger partial charge on any atom is -0.348 e. The van der Waals surface area contributed by atoms with E-state index in [4.69, 9.17) is 11.6 Å². The first-order chi connectivity index (χ1) is 12.6. The Balaban J connectivity index is 1.89. The number of hydrogen-bond acceptors (Lipinski definition) is 4. The molecule has 2 amide bonds. The van der Waals surface area contributed by atoms with Crippen molar-refractivity contribution < 1.29 is 18.0 Å². The first kappa shape index (κ1) is 19.4. The summed E-state index contributed by atoms with van der Waals surface area (Å²) in [6.07, 6.45) is 0. The smallest absolute Gasteiger partial charge is 0.251 e. The molecule has 2 aromatic rings. The summed E-state index contributed by atoms with van der Waals surface area (Å²) in [5, 5.41) is 2.85. The average Bonchev–Trinajstić information content (AvgIpc) is 2.77. The lowest BCUT2D eigenvalue weighted by molar-refractivity contribution is -0.123. The van der Waals surface area contributed by atoms with Gasteiger partial charge in [-0.1, -0.05) is 41.9 Å². The Labute approximate surface area is 163 Å². The molecule has 1 aliphatic heterocycles. The largest absolute Gasteiger partial charge is 0.348 e. The van der Waals surface area contributed by atoms with Crippen LogP contribution < -0.4 is 9.62 Å². The number of halogens is 1. The van der Waals surface area contributed by atoms with E-state index in [1.165, 1.54) is 18.2 Å². The van der Waals surface area contributed by atoms with Gasteiger partial charge in [0.05, 0.1) is 21.9 Å². The number of nitrogens with one attached hydrogen (secondary N) is 1. The third-order valence-corrected chi connectivity index (χ3v) is 6.63. The maximum absolute atomic E-state index is 12.6. The number of nitrogens with zero attached hydrogens (tertiary/aromatic N) is 1. The van der Waals surface area contributed by atoms with Gasteiger partial charge in [-0.05, 0) is 37.6 Å². The van der Waals surface area contributed by atoms with Crippen LogP contribution in [0.25, 0.3) is 0 Å². The highest BCUT2D eigenvalue weighted by Gasteiger charge is 2.50. The van der Waals surface area contributed by atoms with Gasteiger partial charge in [0.15, 0.2) is 0 Å². The number of benzene rings is 2. The van der Waals surface area contributed by atoms with Crippen LogP contribution >= 0.6 is 11.6 Å². The fourth-order valence-electron chi connectivity index (χ4n) is 2.93. The van der Waals surface area contributed by atoms with Crippen molar-refractivity contribution in [3.63, 3.8) is 0 Å². The van der Waals surface area contributed by atoms with Crippen LogP contribution in [0.1, 0.15) is 29.8 Å². The molecule has 1 N–H and O–H groups in total. The minimum absolute atomic E-state index is 0.000368. The predicted molar refractivity (Wildman–Crippen MR) is 104 cm³/mol. The zero-order valence-electron chi connectivity index (χ0n) is 14.9. The van der Waals surface area contributed by atoms with Gasteiger partial charge in [0.2, 0.25) is 15.9 Å². The quantitative estimate of drug-likeness (QED) is 0.846. The minimum atomic E-state index is -3.85. The zero-order valence-corrected chi connectivity index (χ0v) is 16.5. The van der Waals surface area contributed by atoms with Crippen molar-refractivity contribution >= 4 is 39.1 Å². The molecule has 0 radical (unpaired) electrons. The molecule has 0 aliphatic carbocycles. The van der Waals surface area contributed by atoms with Crippen LogP contribution in [0, 0.1) is 5.41 Å². The lowest BCUT2D eigenvalue weighted by Crippen LogP contribution is -2.33. The van der Waals surface area contributed by atoms with Crippen LogP contribution in [0.2, 0.25) is 5.02 Å². The van der Waals surface area contributed by atoms with E-state index >= 15 is 0 Å². The fraction of sp³-hybridized carbons (Fsp3) is 0.263. The van der Waals surface area contributed by atoms with Gasteiger partial charge in [-0.15, -0.1) is 0 Å². The number of carbonyl (C=O) groups excluding carboxylic acids is 2. The van der Waals surface area contributed by atoms with Crippen molar-refractivity contribution in [3.8, 4) is 0 Å². The van der Waals surface area contributed by atoms with Gasteiger partial charge in [-0.2, -0.15) is 0 Å². The second-order valence-corrected chi connectivity index (χ2v) is 9.27. The summed E-state index contributed by atoms with van der Waals surface area (Å²) in [4.78, 5) is 25.0. The lowest BCUT2D eigenvalue weighted by Gasteiger charge is -2.19. The van der Waals surface area contributed by atoms with Crippen molar-refractivity contribution in [2.24, 2.45) is 5.41 Å². The van der Waals surface area contributed by atoms with Crippen LogP contribution in [-0.4, -0.2) is 26.0 Å². The van der Waals surface area contributed by atoms with E-state index in [9.17, 15) is 18.0 Å². The Morgan fingerprint density at radius 2 is 1.85 bits per heavy atom. The van der Waals surface area contributed by atoms with Crippen molar-refractivity contribution in [2.75, 3.05) is 10.1 Å². The molecule has 1 fully saturated rings. The molecule has 2 aromatic carbocycles. The van der Waals surface area contributed by atoms with E-state index in [0.29, 0.717) is 10.8 Å². The molecule has 1 aliphatic rings. The van der Waals surface area contributed by atoms with Gasteiger partial charge >= 0.3 is 0 Å². The zero-order chi connectivity index (χ0) is 19.8. The van der Waals surface area contributed by atoms with Crippen LogP contribution in [0.3, 0.4) is 0 Å². The number of rotatable bonds is 4. The van der Waals surface area contributed by atoms with Gasteiger partial charge in [-0.25, -0.2) is 12.7 Å². The van der Waals surface area contributed by atoms with Crippen LogP contribution in [0.5, 0.6) is 0 Å². The molecule has 1 saturated heterocycles. The summed E-state index contributed by atoms with van der Waals surface area (Å²) >= 11 is 6.15. The summed E-state index contributed by atoms with van der Waals surface area (Å²) < 4.78 is 25.7. The average molecular weight is 407 g/mol. The summed E-state index contributed by atoms with van der Waals surface area (Å²) in [6, 6.07) is 13.6. The van der Waals surface area contributed by atoms with Crippen molar-refractivity contribution in [2.45, 2.75) is 20.4 Å². The van der Waals surface area contributed by atoms with E-state index in [-0.39, 0.29) is 27.9 Å². The molecular weight excluding hydrogens is 388 g/mol. The maximum Gasteiger partial charge on any atom is 0.251 e. The van der Waals surface area contributed by atoms with E-state index < -0.39 is 21.3 Å². The van der Waals surface area contributed by atoms with Gasteiger partial charge in [0.25, 0.3) is 5.91 Å². The summed E-state index contributed by atoms with van der Waals surface area (Å²) in [5.41, 5.74) is 0.102. The molecule has 3 rings (SSSR count). The summed E-state index contributed by atoms with van der Waals surface area (Å²) in [7, 11) is -3.85. The summed E-state index contributed by atoms with van der Waals surface area (Å²) in [6.45, 7) is 3.46. The Morgan fingerprint density at radius 3 is 2.44 bits per heavy atom. The molecule has 0 bridgehead atoms. The third-order valence-electron chi connectivity index (χ3n) is 4.31. The molecule has 0 spiro atoms. The first-order valence-electron chi connectivity index (χ1n) is 8.31. The number of amides is 2. The van der Waals surface area contributed by atoms with E-state index in [1.54, 1.807) is 13.8 Å². The molecule has 0 aromatic heterocycles. The molecule has 6 nitrogen and oxygen atoms in total. The van der Waals surface area contributed by atoms with E-state index in [2.05, 4.69) is 5.32 Å². The van der Waals surface area contributed by atoms with Gasteiger partial charge in [0, 0.05) is 12.1 Å². The molecule has 8 heteroatoms. The molecule has 0 unspecified atom stereocenters. The van der Waals surface area contributed by atoms with Gasteiger partial charge < -0.3 is 5.32 Å². The van der Waals surface area contributed by atoms with E-state index in [1.807, 2.05) is 30.3 Å². The van der Waals surface area contributed by atoms with Gasteiger partial charge in [0.1, 0.15) is 0 Å². The summed E-state index contributed by atoms with van der Waals surface area (Å²) in [5.74, 6) is -1.26. The Bertz CT molecular complexity index is 1000. The number of hydrogen-bond donors (Lipinski definition) is 1. The van der Waals surface area contributed by atoms with Gasteiger partial charge in [-0.3, -0.25) is 9.59 Å².